The summed E-state index contributed by atoms with van der Waals surface area (Å²) in [5.41, 5.74) is 9.07. The van der Waals surface area contributed by atoms with E-state index in [9.17, 15) is 0 Å². The van der Waals surface area contributed by atoms with E-state index in [-0.39, 0.29) is 17.8 Å². The van der Waals surface area contributed by atoms with E-state index >= 15 is 0 Å². The lowest BCUT2D eigenvalue weighted by Crippen LogP contribution is -2.27. The van der Waals surface area contributed by atoms with Crippen LogP contribution >= 0.6 is 0 Å². The van der Waals surface area contributed by atoms with E-state index in [0.29, 0.717) is 0 Å². The zero-order valence-electron chi connectivity index (χ0n) is 21.6. The maximum atomic E-state index is 5.52. The number of ether oxygens (including phenoxy) is 2. The lowest BCUT2D eigenvalue weighted by atomic mass is 9.64. The Kier molecular flexibility index (Phi) is 5.47. The van der Waals surface area contributed by atoms with Crippen molar-refractivity contribution in [1.82, 2.24) is 9.97 Å². The molecule has 188 valence electrons. The van der Waals surface area contributed by atoms with Crippen LogP contribution in [0.3, 0.4) is 0 Å². The van der Waals surface area contributed by atoms with Crippen molar-refractivity contribution in [2.24, 2.45) is 0 Å². The number of aromatic nitrogens is 2. The van der Waals surface area contributed by atoms with E-state index in [2.05, 4.69) is 113 Å². The molecule has 4 aromatic carbocycles. The predicted molar refractivity (Wildman–Crippen MR) is 154 cm³/mol. The second-order valence-corrected chi connectivity index (χ2v) is 10.2. The number of fused-ring (bicyclic) bond motifs is 4. The molecule has 2 aromatic heterocycles. The minimum atomic E-state index is 0.142. The number of H-pyrrole nitrogens is 2. The van der Waals surface area contributed by atoms with Crippen LogP contribution in [0.2, 0.25) is 0 Å². The maximum Gasteiger partial charge on any atom is 0.118 e. The number of para-hydroxylation sites is 2. The van der Waals surface area contributed by atoms with Crippen LogP contribution in [0.5, 0.6) is 11.5 Å². The van der Waals surface area contributed by atoms with Crippen LogP contribution in [0.25, 0.3) is 21.8 Å². The molecule has 7 rings (SSSR count). The minimum Gasteiger partial charge on any atom is -0.497 e. The van der Waals surface area contributed by atoms with Gasteiger partial charge in [-0.3, -0.25) is 0 Å². The van der Waals surface area contributed by atoms with Gasteiger partial charge in [-0.2, -0.15) is 0 Å². The van der Waals surface area contributed by atoms with Gasteiger partial charge in [0.2, 0.25) is 0 Å². The summed E-state index contributed by atoms with van der Waals surface area (Å²) < 4.78 is 11.0. The topological polar surface area (TPSA) is 50.0 Å². The molecule has 0 spiro atoms. The third kappa shape index (κ3) is 3.59. The number of aromatic amines is 2. The first-order valence-corrected chi connectivity index (χ1v) is 13.2. The molecule has 0 bridgehead atoms. The van der Waals surface area contributed by atoms with Crippen molar-refractivity contribution < 1.29 is 9.47 Å². The summed E-state index contributed by atoms with van der Waals surface area (Å²) in [6.45, 7) is 0. The highest BCUT2D eigenvalue weighted by Gasteiger charge is 2.42. The second kappa shape index (κ2) is 9.14. The summed E-state index contributed by atoms with van der Waals surface area (Å²) >= 11 is 0. The number of benzene rings is 4. The fraction of sp³-hybridized carbons (Fsp3) is 0.176. The van der Waals surface area contributed by atoms with Crippen LogP contribution in [-0.4, -0.2) is 24.2 Å². The van der Waals surface area contributed by atoms with Gasteiger partial charge in [0.15, 0.2) is 0 Å². The van der Waals surface area contributed by atoms with Gasteiger partial charge in [0.05, 0.1) is 14.2 Å². The van der Waals surface area contributed by atoms with Gasteiger partial charge in [-0.15, -0.1) is 0 Å². The molecule has 4 heteroatoms. The van der Waals surface area contributed by atoms with Crippen molar-refractivity contribution in [3.63, 3.8) is 0 Å². The molecule has 2 heterocycles. The molecular weight excluding hydrogens is 468 g/mol. The number of hydrogen-bond donors (Lipinski definition) is 2. The first-order chi connectivity index (χ1) is 18.7. The molecule has 0 unspecified atom stereocenters. The van der Waals surface area contributed by atoms with Crippen LogP contribution in [-0.2, 0) is 6.42 Å². The molecule has 3 atom stereocenters. The SMILES string of the molecule is COc1ccc([C@@H]2c3[nH]c4ccccc4c3C[C@H](c3ccc(OC)cc3)[C@H]2c2c[nH]c3ccccc23)cc1. The fourth-order valence-corrected chi connectivity index (χ4v) is 6.59. The standard InChI is InChI=1S/C34H30N2O2/c1-37-23-15-11-21(12-16-23)27-19-28-25-7-4-6-10-31(25)36-34(28)32(22-13-17-24(38-2)18-14-22)33(27)29-20-35-30-9-5-3-8-26(29)30/h3-18,20,27,32-33,35-36H,19H2,1-2H3/t27-,32+,33+/m1/s1. The van der Waals surface area contributed by atoms with Gasteiger partial charge in [0.25, 0.3) is 0 Å². The van der Waals surface area contributed by atoms with Crippen LogP contribution in [0, 0.1) is 0 Å². The highest BCUT2D eigenvalue weighted by Crippen LogP contribution is 2.55. The van der Waals surface area contributed by atoms with Crippen molar-refractivity contribution >= 4 is 21.8 Å². The molecule has 4 nitrogen and oxygen atoms in total. The van der Waals surface area contributed by atoms with E-state index < -0.39 is 0 Å². The lowest BCUT2D eigenvalue weighted by Gasteiger charge is -2.39. The Balaban J connectivity index is 1.51. The van der Waals surface area contributed by atoms with E-state index in [1.54, 1.807) is 14.2 Å². The zero-order chi connectivity index (χ0) is 25.6. The van der Waals surface area contributed by atoms with Crippen molar-refractivity contribution in [3.05, 3.63) is 131 Å². The van der Waals surface area contributed by atoms with Crippen LogP contribution < -0.4 is 9.47 Å². The largest absolute Gasteiger partial charge is 0.497 e. The van der Waals surface area contributed by atoms with Gasteiger partial charge in [0, 0.05) is 45.5 Å². The second-order valence-electron chi connectivity index (χ2n) is 10.2. The number of rotatable bonds is 5. The Morgan fingerprint density at radius 2 is 1.26 bits per heavy atom. The summed E-state index contributed by atoms with van der Waals surface area (Å²) in [5.74, 6) is 2.39. The molecule has 0 saturated carbocycles. The average Bonchev–Trinajstić information content (AvgIpc) is 3.58. The molecule has 1 aliphatic rings. The summed E-state index contributed by atoms with van der Waals surface area (Å²) in [4.78, 5) is 7.43. The molecule has 2 N–H and O–H groups in total. The molecule has 1 aliphatic carbocycles. The van der Waals surface area contributed by atoms with Gasteiger partial charge in [0.1, 0.15) is 11.5 Å². The Morgan fingerprint density at radius 3 is 1.95 bits per heavy atom. The van der Waals surface area contributed by atoms with E-state index in [0.717, 1.165) is 17.9 Å². The Hall–Kier alpha value is -4.44. The van der Waals surface area contributed by atoms with Gasteiger partial charge < -0.3 is 19.4 Å². The van der Waals surface area contributed by atoms with Crippen molar-refractivity contribution in [3.8, 4) is 11.5 Å². The molecule has 0 fully saturated rings. The van der Waals surface area contributed by atoms with Gasteiger partial charge in [-0.1, -0.05) is 60.7 Å². The monoisotopic (exact) mass is 498 g/mol. The molecule has 6 aromatic rings. The molecule has 0 aliphatic heterocycles. The van der Waals surface area contributed by atoms with Gasteiger partial charge >= 0.3 is 0 Å². The van der Waals surface area contributed by atoms with Crippen molar-refractivity contribution in [2.75, 3.05) is 14.2 Å². The Labute approximate surface area is 222 Å². The molecule has 0 saturated heterocycles. The normalized spacial score (nSPS) is 18.9. The fourth-order valence-electron chi connectivity index (χ4n) is 6.59. The van der Waals surface area contributed by atoms with Crippen molar-refractivity contribution in [2.45, 2.75) is 24.2 Å². The highest BCUT2D eigenvalue weighted by molar-refractivity contribution is 5.87. The molecule has 38 heavy (non-hydrogen) atoms. The van der Waals surface area contributed by atoms with E-state index in [1.165, 1.54) is 49.8 Å². The Bertz CT molecular complexity index is 1730. The molecule has 0 amide bonds. The third-order valence-electron chi connectivity index (χ3n) is 8.37. The van der Waals surface area contributed by atoms with Gasteiger partial charge in [-0.25, -0.2) is 0 Å². The summed E-state index contributed by atoms with van der Waals surface area (Å²) in [5, 5.41) is 2.60. The average molecular weight is 499 g/mol. The number of hydrogen-bond acceptors (Lipinski definition) is 2. The predicted octanol–water partition coefficient (Wildman–Crippen LogP) is 7.92. The molecular formula is C34H30N2O2. The van der Waals surface area contributed by atoms with Gasteiger partial charge in [-0.05, 0) is 71.0 Å². The number of methoxy groups -OCH3 is 2. The smallest absolute Gasteiger partial charge is 0.118 e. The summed E-state index contributed by atoms with van der Waals surface area (Å²) in [7, 11) is 3.45. The summed E-state index contributed by atoms with van der Waals surface area (Å²) in [6.07, 6.45) is 3.19. The van der Waals surface area contributed by atoms with Crippen molar-refractivity contribution in [1.29, 1.82) is 0 Å². The molecule has 0 radical (unpaired) electrons. The maximum absolute atomic E-state index is 5.52. The van der Waals surface area contributed by atoms with Crippen LogP contribution in [0.15, 0.2) is 103 Å². The minimum absolute atomic E-state index is 0.142. The van der Waals surface area contributed by atoms with E-state index in [4.69, 9.17) is 9.47 Å². The quantitative estimate of drug-likeness (QED) is 0.254. The first-order valence-electron chi connectivity index (χ1n) is 13.2. The first kappa shape index (κ1) is 22.7. The van der Waals surface area contributed by atoms with Crippen LogP contribution in [0.1, 0.15) is 45.7 Å². The third-order valence-corrected chi connectivity index (χ3v) is 8.37. The summed E-state index contributed by atoms with van der Waals surface area (Å²) in [6, 6.07) is 34.7. The number of nitrogens with one attached hydrogen (secondary N) is 2. The lowest BCUT2D eigenvalue weighted by molar-refractivity contribution is 0.412. The van der Waals surface area contributed by atoms with Crippen LogP contribution in [0.4, 0.5) is 0 Å². The Morgan fingerprint density at radius 1 is 0.658 bits per heavy atom. The zero-order valence-corrected chi connectivity index (χ0v) is 21.6. The highest BCUT2D eigenvalue weighted by atomic mass is 16.5. The van der Waals surface area contributed by atoms with E-state index in [1.807, 2.05) is 0 Å².